The third-order valence-corrected chi connectivity index (χ3v) is 7.38. The first-order valence-corrected chi connectivity index (χ1v) is 12.8. The Balaban J connectivity index is 0.00000118. The second-order valence-corrected chi connectivity index (χ2v) is 9.75. The van der Waals surface area contributed by atoms with Crippen molar-refractivity contribution < 1.29 is 32.7 Å². The molecule has 0 radical (unpaired) electrons. The Labute approximate surface area is 222 Å². The van der Waals surface area contributed by atoms with E-state index in [0.29, 0.717) is 17.6 Å². The maximum atomic E-state index is 12.8. The summed E-state index contributed by atoms with van der Waals surface area (Å²) < 4.78 is 38.2. The van der Waals surface area contributed by atoms with Gasteiger partial charge in [-0.3, -0.25) is 14.4 Å². The number of fused-ring (bicyclic) bond motifs is 3. The van der Waals surface area contributed by atoms with Crippen molar-refractivity contribution in [2.24, 2.45) is 11.8 Å². The largest absolute Gasteiger partial charge is 0.507 e. The molecule has 0 heterocycles. The van der Waals surface area contributed by atoms with Gasteiger partial charge in [0.15, 0.2) is 18.4 Å². The smallest absolute Gasteiger partial charge is 0.401 e. The van der Waals surface area contributed by atoms with Crippen molar-refractivity contribution in [2.45, 2.75) is 57.2 Å². The summed E-state index contributed by atoms with van der Waals surface area (Å²) in [5, 5.41) is 16.3. The molecule has 3 rings (SSSR count). The van der Waals surface area contributed by atoms with Gasteiger partial charge in [0.25, 0.3) is 0 Å². The molecule has 3 N–H and O–H groups in total. The number of hydrogen-bond acceptors (Lipinski definition) is 6. The normalized spacial score (nSPS) is 22.7. The van der Waals surface area contributed by atoms with Crippen LogP contribution in [0.15, 0.2) is 54.3 Å². The molecule has 2 aliphatic carbocycles. The predicted molar refractivity (Wildman–Crippen MR) is 141 cm³/mol. The molecule has 0 amide bonds. The van der Waals surface area contributed by atoms with Crippen LogP contribution in [0.4, 0.5) is 13.2 Å². The first kappa shape index (κ1) is 31.2. The maximum Gasteiger partial charge on any atom is 0.401 e. The van der Waals surface area contributed by atoms with E-state index in [1.807, 2.05) is 25.3 Å². The van der Waals surface area contributed by atoms with Crippen LogP contribution in [0.3, 0.4) is 0 Å². The number of aliphatic hydroxyl groups is 1. The second kappa shape index (κ2) is 14.2. The lowest BCUT2D eigenvalue weighted by Gasteiger charge is -2.39. The van der Waals surface area contributed by atoms with Gasteiger partial charge in [0.1, 0.15) is 5.76 Å². The molecule has 2 bridgehead atoms. The molecule has 1 fully saturated rings. The van der Waals surface area contributed by atoms with E-state index in [1.54, 1.807) is 12.1 Å². The summed E-state index contributed by atoms with van der Waals surface area (Å²) in [7, 11) is 1.83. The number of aldehydes is 2. The fourth-order valence-corrected chi connectivity index (χ4v) is 5.49. The van der Waals surface area contributed by atoms with Crippen molar-refractivity contribution in [1.82, 2.24) is 10.6 Å². The molecule has 2 aliphatic rings. The number of unbranched alkanes of at least 4 members (excludes halogenated alkanes) is 1. The molecule has 0 saturated heterocycles. The van der Waals surface area contributed by atoms with Crippen LogP contribution >= 0.6 is 0 Å². The van der Waals surface area contributed by atoms with Crippen LogP contribution in [0.25, 0.3) is 0 Å². The molecule has 208 valence electrons. The van der Waals surface area contributed by atoms with Crippen LogP contribution < -0.4 is 10.6 Å². The number of benzene rings is 1. The van der Waals surface area contributed by atoms with Gasteiger partial charge >= 0.3 is 6.18 Å². The Bertz CT molecular complexity index is 1060. The number of rotatable bonds is 11. The van der Waals surface area contributed by atoms with Gasteiger partial charge in [0.05, 0.1) is 6.54 Å². The first-order chi connectivity index (χ1) is 18.0. The van der Waals surface area contributed by atoms with Gasteiger partial charge in [-0.25, -0.2) is 0 Å². The summed E-state index contributed by atoms with van der Waals surface area (Å²) in [6.07, 6.45) is 6.16. The van der Waals surface area contributed by atoms with Crippen LogP contribution in [0.5, 0.6) is 0 Å². The highest BCUT2D eigenvalue weighted by atomic mass is 19.4. The fourth-order valence-electron chi connectivity index (χ4n) is 5.49. The Morgan fingerprint density at radius 1 is 1.16 bits per heavy atom. The molecule has 0 unspecified atom stereocenters. The zero-order valence-electron chi connectivity index (χ0n) is 21.9. The summed E-state index contributed by atoms with van der Waals surface area (Å²) in [4.78, 5) is 30.4. The number of likely N-dealkylation sites (N-methyl/N-ethyl adjacent to an activating group) is 1. The number of carbonyl (C=O) groups excluding carboxylic acids is 3. The minimum atomic E-state index is -4.24. The number of nitrogens with one attached hydrogen (secondary N) is 2. The summed E-state index contributed by atoms with van der Waals surface area (Å²) >= 11 is 0. The lowest BCUT2D eigenvalue weighted by Crippen LogP contribution is -2.59. The minimum absolute atomic E-state index is 0.156. The molecule has 38 heavy (non-hydrogen) atoms. The molecular formula is C29H37F3N2O4. The van der Waals surface area contributed by atoms with E-state index >= 15 is 0 Å². The van der Waals surface area contributed by atoms with Gasteiger partial charge in [0.2, 0.25) is 0 Å². The Morgan fingerprint density at radius 2 is 1.79 bits per heavy atom. The van der Waals surface area contributed by atoms with Crippen molar-refractivity contribution in [3.8, 4) is 0 Å². The fraction of sp³-hybridized carbons (Fsp3) is 0.483. The molecule has 0 spiro atoms. The number of alkyl halides is 3. The van der Waals surface area contributed by atoms with E-state index in [1.165, 1.54) is 6.08 Å². The third-order valence-electron chi connectivity index (χ3n) is 7.38. The highest BCUT2D eigenvalue weighted by molar-refractivity contribution is 6.09. The molecule has 0 aliphatic heterocycles. The number of carbonyl (C=O) groups is 3. The van der Waals surface area contributed by atoms with E-state index in [0.717, 1.165) is 43.2 Å². The monoisotopic (exact) mass is 534 g/mol. The second-order valence-electron chi connectivity index (χ2n) is 9.75. The van der Waals surface area contributed by atoms with Crippen LogP contribution in [0.1, 0.15) is 54.1 Å². The highest BCUT2D eigenvalue weighted by Crippen LogP contribution is 2.47. The van der Waals surface area contributed by atoms with Crippen LogP contribution in [-0.2, 0) is 22.4 Å². The molecule has 1 aromatic rings. The predicted octanol–water partition coefficient (Wildman–Crippen LogP) is 4.84. The summed E-state index contributed by atoms with van der Waals surface area (Å²) in [6, 6.07) is 5.59. The zero-order valence-corrected chi connectivity index (χ0v) is 21.9. The quantitative estimate of drug-likeness (QED) is 0.0939. The number of ketones is 1. The lowest BCUT2D eigenvalue weighted by atomic mass is 9.78. The summed E-state index contributed by atoms with van der Waals surface area (Å²) in [5.41, 5.74) is 2.65. The molecule has 6 nitrogen and oxygen atoms in total. The maximum absolute atomic E-state index is 12.8. The Morgan fingerprint density at radius 3 is 2.34 bits per heavy atom. The van der Waals surface area contributed by atoms with Crippen molar-refractivity contribution in [2.75, 3.05) is 20.1 Å². The Hall–Kier alpha value is -3.04. The van der Waals surface area contributed by atoms with E-state index in [-0.39, 0.29) is 42.5 Å². The first-order valence-electron chi connectivity index (χ1n) is 12.8. The van der Waals surface area contributed by atoms with Gasteiger partial charge in [-0.2, -0.15) is 13.2 Å². The van der Waals surface area contributed by atoms with E-state index in [4.69, 9.17) is 9.59 Å². The lowest BCUT2D eigenvalue weighted by molar-refractivity contribution is -0.125. The highest BCUT2D eigenvalue weighted by Gasteiger charge is 2.50. The van der Waals surface area contributed by atoms with Gasteiger partial charge in [0, 0.05) is 29.3 Å². The third kappa shape index (κ3) is 8.23. The number of aliphatic hydroxyl groups excluding tert-OH is 1. The number of hydrogen-bond donors (Lipinski definition) is 3. The van der Waals surface area contributed by atoms with Crippen molar-refractivity contribution in [3.05, 3.63) is 71.0 Å². The van der Waals surface area contributed by atoms with E-state index in [2.05, 4.69) is 24.1 Å². The minimum Gasteiger partial charge on any atom is -0.507 e. The van der Waals surface area contributed by atoms with Gasteiger partial charge in [-0.05, 0) is 68.2 Å². The van der Waals surface area contributed by atoms with Crippen molar-refractivity contribution in [1.29, 1.82) is 0 Å². The number of halogens is 3. The van der Waals surface area contributed by atoms with Crippen LogP contribution in [-0.4, -0.2) is 55.3 Å². The van der Waals surface area contributed by atoms with Crippen molar-refractivity contribution >= 4 is 18.4 Å². The molecule has 1 saturated carbocycles. The average molecular weight is 535 g/mol. The van der Waals surface area contributed by atoms with E-state index < -0.39 is 18.3 Å². The standard InChI is InChI=1S/C27H35F3N2O2.C2H2O2/c1-4-5-6-7-18(2)24(33)15-25(34)20-9-8-19-13-22-10-11-23(14-21(19)12-20)26(22,31-3)16-32-17-27(28,29)30;3-1-2-4/h6-9,12,15,22-23,31-33H,2,4-5,10-11,13-14,16-17H2,1,3H3;1-2H/b7-6-,24-15-;/t22-,23+,26+;/m0./s1. The summed E-state index contributed by atoms with van der Waals surface area (Å²) in [5.74, 6) is -0.0711. The molecule has 0 aromatic heterocycles. The zero-order chi connectivity index (χ0) is 28.3. The van der Waals surface area contributed by atoms with Crippen LogP contribution in [0.2, 0.25) is 0 Å². The van der Waals surface area contributed by atoms with Crippen LogP contribution in [0, 0.1) is 11.8 Å². The Kier molecular flexibility index (Phi) is 11.7. The number of allylic oxidation sites excluding steroid dienone is 3. The van der Waals surface area contributed by atoms with E-state index in [9.17, 15) is 23.1 Å². The van der Waals surface area contributed by atoms with Gasteiger partial charge in [-0.15, -0.1) is 0 Å². The van der Waals surface area contributed by atoms with Gasteiger partial charge < -0.3 is 15.7 Å². The summed E-state index contributed by atoms with van der Waals surface area (Å²) in [6.45, 7) is 5.11. The molecular weight excluding hydrogens is 497 g/mol. The molecule has 3 atom stereocenters. The average Bonchev–Trinajstić information content (AvgIpc) is 3.12. The van der Waals surface area contributed by atoms with Gasteiger partial charge in [-0.1, -0.05) is 44.2 Å². The molecule has 1 aromatic carbocycles. The topological polar surface area (TPSA) is 95.5 Å². The SMILES string of the molecule is C=C(/C=C\CCC)/C(O)=C/C(=O)c1ccc2c(c1)C[C@H]1CC[C@@H](C2)[C@@]1(CNCC(F)(F)F)NC.O=CC=O. The van der Waals surface area contributed by atoms with Crippen molar-refractivity contribution in [3.63, 3.8) is 0 Å². The molecule has 9 heteroatoms.